The molecule has 0 aromatic heterocycles. The first-order chi connectivity index (χ1) is 12.5. The van der Waals surface area contributed by atoms with Gasteiger partial charge < -0.3 is 10.2 Å². The Morgan fingerprint density at radius 2 is 1.96 bits per heavy atom. The molecule has 2 heterocycles. The highest BCUT2D eigenvalue weighted by Crippen LogP contribution is 2.32. The van der Waals surface area contributed by atoms with Crippen molar-refractivity contribution >= 4 is 11.7 Å². The Labute approximate surface area is 149 Å². The van der Waals surface area contributed by atoms with Crippen molar-refractivity contribution in [2.24, 2.45) is 0 Å². The lowest BCUT2D eigenvalue weighted by molar-refractivity contribution is -0.132. The molecule has 0 spiro atoms. The van der Waals surface area contributed by atoms with Crippen LogP contribution in [0, 0.1) is 11.6 Å². The molecule has 2 aromatic carbocycles. The second-order valence-electron chi connectivity index (χ2n) is 6.40. The Kier molecular flexibility index (Phi) is 4.03. The van der Waals surface area contributed by atoms with Gasteiger partial charge in [0.15, 0.2) is 17.4 Å². The summed E-state index contributed by atoms with van der Waals surface area (Å²) in [7, 11) is 0. The lowest BCUT2D eigenvalue weighted by Gasteiger charge is -2.41. The highest BCUT2D eigenvalue weighted by molar-refractivity contribution is 6.09. The van der Waals surface area contributed by atoms with Crippen LogP contribution in [0.25, 0.3) is 0 Å². The molecule has 2 aliphatic heterocycles. The normalized spacial score (nSPS) is 20.4. The number of nitrogens with one attached hydrogen (secondary N) is 1. The number of carbonyl (C=O) groups excluding carboxylic acids is 2. The zero-order chi connectivity index (χ0) is 18.3. The van der Waals surface area contributed by atoms with E-state index in [-0.39, 0.29) is 23.2 Å². The summed E-state index contributed by atoms with van der Waals surface area (Å²) in [4.78, 5) is 26.8. The zero-order valence-electron chi connectivity index (χ0n) is 13.8. The van der Waals surface area contributed by atoms with Crippen LogP contribution in [0.15, 0.2) is 54.2 Å². The van der Waals surface area contributed by atoms with Crippen LogP contribution in [-0.2, 0) is 11.2 Å². The Bertz CT molecular complexity index is 939. The number of halogens is 2. The number of allylic oxidation sites excluding steroid dienone is 1. The van der Waals surface area contributed by atoms with E-state index in [2.05, 4.69) is 11.4 Å². The molecule has 2 aromatic rings. The van der Waals surface area contributed by atoms with Crippen molar-refractivity contribution in [1.29, 1.82) is 0 Å². The van der Waals surface area contributed by atoms with Crippen molar-refractivity contribution < 1.29 is 18.4 Å². The van der Waals surface area contributed by atoms with Gasteiger partial charge >= 0.3 is 0 Å². The standard InChI is InChI=1S/C20H16F2N2O2/c21-15-6-5-13(9-16(15)22)19(25)10-17-20(26)24-8-7-12-3-1-2-4-14(12)18(24)11-23-17/h1-6,9-10,18,23H,7-8,11H2/b17-10-. The first-order valence-corrected chi connectivity index (χ1v) is 8.38. The molecule has 4 rings (SSSR count). The summed E-state index contributed by atoms with van der Waals surface area (Å²) >= 11 is 0. The molecule has 0 radical (unpaired) electrons. The van der Waals surface area contributed by atoms with E-state index in [0.29, 0.717) is 13.1 Å². The second kappa shape index (κ2) is 6.37. The van der Waals surface area contributed by atoms with Gasteiger partial charge in [-0.05, 0) is 35.7 Å². The van der Waals surface area contributed by atoms with E-state index in [9.17, 15) is 18.4 Å². The molecule has 1 N–H and O–H groups in total. The van der Waals surface area contributed by atoms with Gasteiger partial charge in [-0.25, -0.2) is 8.78 Å². The summed E-state index contributed by atoms with van der Waals surface area (Å²) in [5.74, 6) is -2.91. The minimum Gasteiger partial charge on any atom is -0.378 e. The van der Waals surface area contributed by atoms with Crippen LogP contribution in [0.2, 0.25) is 0 Å². The summed E-state index contributed by atoms with van der Waals surface area (Å²) in [5, 5.41) is 3.02. The maximum atomic E-state index is 13.3. The first-order valence-electron chi connectivity index (χ1n) is 8.38. The number of hydrogen-bond acceptors (Lipinski definition) is 3. The molecule has 1 fully saturated rings. The van der Waals surface area contributed by atoms with Gasteiger partial charge in [0.1, 0.15) is 5.70 Å². The van der Waals surface area contributed by atoms with Crippen LogP contribution in [0.5, 0.6) is 0 Å². The van der Waals surface area contributed by atoms with E-state index in [1.165, 1.54) is 11.6 Å². The van der Waals surface area contributed by atoms with Gasteiger partial charge in [-0.2, -0.15) is 0 Å². The monoisotopic (exact) mass is 354 g/mol. The summed E-state index contributed by atoms with van der Waals surface area (Å²) < 4.78 is 26.3. The number of rotatable bonds is 2. The van der Waals surface area contributed by atoms with Crippen LogP contribution < -0.4 is 5.32 Å². The third-order valence-corrected chi connectivity index (χ3v) is 4.87. The van der Waals surface area contributed by atoms with Gasteiger partial charge in [0.25, 0.3) is 5.91 Å². The van der Waals surface area contributed by atoms with Crippen molar-refractivity contribution in [3.8, 4) is 0 Å². The SMILES string of the molecule is O=C(/C=C1\NCC2c3ccccc3CCN2C1=O)c1ccc(F)c(F)c1. The van der Waals surface area contributed by atoms with Crippen LogP contribution in [0.3, 0.4) is 0 Å². The molecular weight excluding hydrogens is 338 g/mol. The molecule has 0 aliphatic carbocycles. The average Bonchev–Trinajstić information content (AvgIpc) is 2.65. The summed E-state index contributed by atoms with van der Waals surface area (Å²) in [6.07, 6.45) is 1.93. The molecule has 1 amide bonds. The van der Waals surface area contributed by atoms with E-state index in [1.807, 2.05) is 18.2 Å². The van der Waals surface area contributed by atoms with Crippen LogP contribution in [0.4, 0.5) is 8.78 Å². The molecule has 0 saturated carbocycles. The van der Waals surface area contributed by atoms with Crippen molar-refractivity contribution in [2.75, 3.05) is 13.1 Å². The predicted molar refractivity (Wildman–Crippen MR) is 91.4 cm³/mol. The molecular formula is C20H16F2N2O2. The first kappa shape index (κ1) is 16.4. The Morgan fingerprint density at radius 3 is 2.77 bits per heavy atom. The van der Waals surface area contributed by atoms with E-state index in [4.69, 9.17) is 0 Å². The average molecular weight is 354 g/mol. The summed E-state index contributed by atoms with van der Waals surface area (Å²) in [5.41, 5.74) is 2.52. The number of hydrogen-bond donors (Lipinski definition) is 1. The Hall–Kier alpha value is -3.02. The largest absolute Gasteiger partial charge is 0.378 e. The van der Waals surface area contributed by atoms with Gasteiger partial charge in [0.05, 0.1) is 6.04 Å². The Morgan fingerprint density at radius 1 is 1.15 bits per heavy atom. The number of nitrogens with zero attached hydrogens (tertiary/aromatic N) is 1. The molecule has 26 heavy (non-hydrogen) atoms. The number of ketones is 1. The molecule has 0 bridgehead atoms. The highest BCUT2D eigenvalue weighted by Gasteiger charge is 2.36. The molecule has 132 valence electrons. The maximum Gasteiger partial charge on any atom is 0.270 e. The smallest absolute Gasteiger partial charge is 0.270 e. The third kappa shape index (κ3) is 2.77. The van der Waals surface area contributed by atoms with Crippen LogP contribution in [-0.4, -0.2) is 29.7 Å². The lowest BCUT2D eigenvalue weighted by Crippen LogP contribution is -2.51. The number of carbonyl (C=O) groups is 2. The summed E-state index contributed by atoms with van der Waals surface area (Å²) in [6, 6.07) is 10.9. The topological polar surface area (TPSA) is 49.4 Å². The molecule has 4 nitrogen and oxygen atoms in total. The molecule has 1 saturated heterocycles. The highest BCUT2D eigenvalue weighted by atomic mass is 19.2. The van der Waals surface area contributed by atoms with E-state index in [0.717, 1.165) is 30.2 Å². The van der Waals surface area contributed by atoms with Crippen LogP contribution >= 0.6 is 0 Å². The number of benzene rings is 2. The second-order valence-corrected chi connectivity index (χ2v) is 6.40. The number of fused-ring (bicyclic) bond motifs is 3. The lowest BCUT2D eigenvalue weighted by atomic mass is 9.90. The minimum atomic E-state index is -1.09. The summed E-state index contributed by atoms with van der Waals surface area (Å²) in [6.45, 7) is 1.08. The Balaban J connectivity index is 1.59. The van der Waals surface area contributed by atoms with Gasteiger partial charge in [0.2, 0.25) is 0 Å². The van der Waals surface area contributed by atoms with Crippen LogP contribution in [0.1, 0.15) is 27.5 Å². The third-order valence-electron chi connectivity index (χ3n) is 4.87. The van der Waals surface area contributed by atoms with Crippen molar-refractivity contribution in [3.05, 3.63) is 82.6 Å². The molecule has 2 aliphatic rings. The molecule has 6 heteroatoms. The quantitative estimate of drug-likeness (QED) is 0.666. The molecule has 1 atom stereocenters. The van der Waals surface area contributed by atoms with Gasteiger partial charge in [-0.3, -0.25) is 9.59 Å². The van der Waals surface area contributed by atoms with E-state index in [1.54, 1.807) is 4.90 Å². The van der Waals surface area contributed by atoms with Gasteiger partial charge in [-0.1, -0.05) is 24.3 Å². The predicted octanol–water partition coefficient (Wildman–Crippen LogP) is 2.76. The van der Waals surface area contributed by atoms with Crippen molar-refractivity contribution in [2.45, 2.75) is 12.5 Å². The maximum absolute atomic E-state index is 13.3. The fraction of sp³-hybridized carbons (Fsp3) is 0.200. The fourth-order valence-corrected chi connectivity index (χ4v) is 3.53. The van der Waals surface area contributed by atoms with Crippen molar-refractivity contribution in [1.82, 2.24) is 10.2 Å². The van der Waals surface area contributed by atoms with Gasteiger partial charge in [0, 0.05) is 24.7 Å². The number of piperazine rings is 1. The molecule has 1 unspecified atom stereocenters. The van der Waals surface area contributed by atoms with E-state index >= 15 is 0 Å². The fourth-order valence-electron chi connectivity index (χ4n) is 3.53. The number of amides is 1. The van der Waals surface area contributed by atoms with Crippen molar-refractivity contribution in [3.63, 3.8) is 0 Å². The van der Waals surface area contributed by atoms with Gasteiger partial charge in [-0.15, -0.1) is 0 Å². The minimum absolute atomic E-state index is 0.00267. The van der Waals surface area contributed by atoms with E-state index < -0.39 is 17.4 Å². The zero-order valence-corrected chi connectivity index (χ0v) is 13.8.